The highest BCUT2D eigenvalue weighted by Gasteiger charge is 2.19. The third-order valence-corrected chi connectivity index (χ3v) is 5.24. The maximum Gasteiger partial charge on any atom is 0.265 e. The number of nitrogens with one attached hydrogen (secondary N) is 1. The van der Waals surface area contributed by atoms with Crippen LogP contribution in [0.1, 0.15) is 30.7 Å². The van der Waals surface area contributed by atoms with Crippen LogP contribution in [0, 0.1) is 6.92 Å². The fourth-order valence-electron chi connectivity index (χ4n) is 3.76. The Balaban J connectivity index is 1.68. The summed E-state index contributed by atoms with van der Waals surface area (Å²) in [5.41, 5.74) is 2.85. The first-order valence-electron chi connectivity index (χ1n) is 10.0. The number of nitrogens with zero attached hydrogens (tertiary/aromatic N) is 2. The van der Waals surface area contributed by atoms with Gasteiger partial charge in [-0.1, -0.05) is 55.5 Å². The second kappa shape index (κ2) is 8.33. The van der Waals surface area contributed by atoms with Gasteiger partial charge in [0.2, 0.25) is 5.91 Å². The van der Waals surface area contributed by atoms with Gasteiger partial charge in [-0.25, -0.2) is 4.98 Å². The Labute approximate surface area is 175 Å². The molecule has 5 heteroatoms. The van der Waals surface area contributed by atoms with Gasteiger partial charge in [-0.15, -0.1) is 0 Å². The summed E-state index contributed by atoms with van der Waals surface area (Å²) in [5.74, 6) is 0.293. The van der Waals surface area contributed by atoms with Crippen LogP contribution in [0.5, 0.6) is 0 Å². The largest absolute Gasteiger partial charge is 0.325 e. The zero-order chi connectivity index (χ0) is 21.1. The molecule has 3 aromatic carbocycles. The Bertz CT molecular complexity index is 1260. The number of amides is 1. The maximum absolute atomic E-state index is 13.1. The monoisotopic (exact) mass is 397 g/mol. The van der Waals surface area contributed by atoms with Crippen molar-refractivity contribution in [1.29, 1.82) is 0 Å². The molecule has 0 radical (unpaired) electrons. The molecular formula is C25H23N3O2. The lowest BCUT2D eigenvalue weighted by Gasteiger charge is -2.16. The molecule has 0 aliphatic carbocycles. The van der Waals surface area contributed by atoms with Gasteiger partial charge in [0, 0.05) is 5.69 Å². The lowest BCUT2D eigenvalue weighted by Crippen LogP contribution is -2.23. The van der Waals surface area contributed by atoms with Crippen LogP contribution in [0.4, 0.5) is 5.69 Å². The van der Waals surface area contributed by atoms with E-state index in [1.165, 1.54) is 0 Å². The normalized spacial score (nSPS) is 11.9. The highest BCUT2D eigenvalue weighted by molar-refractivity contribution is 5.96. The van der Waals surface area contributed by atoms with E-state index in [2.05, 4.69) is 10.3 Å². The molecule has 1 atom stereocenters. The fraction of sp³-hybridized carbons (Fsp3) is 0.160. The summed E-state index contributed by atoms with van der Waals surface area (Å²) in [7, 11) is 0. The molecule has 5 nitrogen and oxygen atoms in total. The van der Waals surface area contributed by atoms with E-state index in [4.69, 9.17) is 0 Å². The molecule has 0 fully saturated rings. The average Bonchev–Trinajstić information content (AvgIpc) is 2.75. The molecule has 150 valence electrons. The highest BCUT2D eigenvalue weighted by Crippen LogP contribution is 2.23. The summed E-state index contributed by atoms with van der Waals surface area (Å²) < 4.78 is 1.58. The molecular weight excluding hydrogens is 374 g/mol. The molecule has 0 unspecified atom stereocenters. The van der Waals surface area contributed by atoms with Gasteiger partial charge in [-0.3, -0.25) is 14.2 Å². The quantitative estimate of drug-likeness (QED) is 0.525. The van der Waals surface area contributed by atoms with Crippen LogP contribution >= 0.6 is 0 Å². The third kappa shape index (κ3) is 3.74. The van der Waals surface area contributed by atoms with Crippen LogP contribution in [-0.2, 0) is 4.79 Å². The van der Waals surface area contributed by atoms with Crippen molar-refractivity contribution in [3.8, 4) is 5.69 Å². The van der Waals surface area contributed by atoms with Crippen molar-refractivity contribution in [3.05, 3.63) is 101 Å². The van der Waals surface area contributed by atoms with Crippen molar-refractivity contribution >= 4 is 22.5 Å². The molecule has 0 aliphatic heterocycles. The van der Waals surface area contributed by atoms with Crippen LogP contribution in [0.3, 0.4) is 0 Å². The predicted octanol–water partition coefficient (Wildman–Crippen LogP) is 4.83. The van der Waals surface area contributed by atoms with Crippen LogP contribution in [0.15, 0.2) is 83.7 Å². The molecule has 0 saturated carbocycles. The predicted molar refractivity (Wildman–Crippen MR) is 120 cm³/mol. The molecule has 0 saturated heterocycles. The minimum atomic E-state index is -0.235. The number of hydrogen-bond acceptors (Lipinski definition) is 3. The van der Waals surface area contributed by atoms with E-state index in [1.54, 1.807) is 16.7 Å². The molecule has 30 heavy (non-hydrogen) atoms. The Morgan fingerprint density at radius 2 is 1.73 bits per heavy atom. The fourth-order valence-corrected chi connectivity index (χ4v) is 3.76. The number of carbonyl (C=O) groups is 1. The summed E-state index contributed by atoms with van der Waals surface area (Å²) in [5, 5.41) is 3.57. The number of rotatable bonds is 5. The summed E-state index contributed by atoms with van der Waals surface area (Å²) in [6.45, 7) is 3.80. The van der Waals surface area contributed by atoms with E-state index >= 15 is 0 Å². The van der Waals surface area contributed by atoms with Crippen molar-refractivity contribution in [2.75, 3.05) is 5.32 Å². The number of benzene rings is 3. The second-order valence-electron chi connectivity index (χ2n) is 7.23. The third-order valence-electron chi connectivity index (χ3n) is 5.24. The number of aromatic nitrogens is 2. The molecule has 1 aromatic heterocycles. The van der Waals surface area contributed by atoms with Gasteiger partial charge in [-0.05, 0) is 49.2 Å². The summed E-state index contributed by atoms with van der Waals surface area (Å²) >= 11 is 0. The zero-order valence-corrected chi connectivity index (χ0v) is 17.0. The smallest absolute Gasteiger partial charge is 0.265 e. The van der Waals surface area contributed by atoms with Gasteiger partial charge in [-0.2, -0.15) is 0 Å². The van der Waals surface area contributed by atoms with Crippen LogP contribution in [0.2, 0.25) is 0 Å². The number of aryl methyl sites for hydroxylation is 1. The molecule has 1 heterocycles. The van der Waals surface area contributed by atoms with Crippen LogP contribution in [0.25, 0.3) is 16.6 Å². The Kier molecular flexibility index (Phi) is 5.44. The number of hydrogen-bond donors (Lipinski definition) is 1. The number of para-hydroxylation sites is 1. The van der Waals surface area contributed by atoms with E-state index in [0.717, 1.165) is 5.56 Å². The van der Waals surface area contributed by atoms with E-state index in [9.17, 15) is 9.59 Å². The lowest BCUT2D eigenvalue weighted by atomic mass is 9.95. The number of carbonyl (C=O) groups excluding carboxylic acids is 1. The first-order valence-corrected chi connectivity index (χ1v) is 10.0. The van der Waals surface area contributed by atoms with E-state index in [0.29, 0.717) is 34.5 Å². The van der Waals surface area contributed by atoms with Gasteiger partial charge < -0.3 is 5.32 Å². The molecule has 0 aliphatic rings. The molecule has 0 spiro atoms. The zero-order valence-electron chi connectivity index (χ0n) is 17.0. The Morgan fingerprint density at radius 3 is 2.50 bits per heavy atom. The second-order valence-corrected chi connectivity index (χ2v) is 7.23. The average molecular weight is 397 g/mol. The minimum absolute atomic E-state index is 0.0680. The van der Waals surface area contributed by atoms with E-state index in [1.807, 2.05) is 80.6 Å². The Morgan fingerprint density at radius 1 is 1.00 bits per heavy atom. The van der Waals surface area contributed by atoms with Gasteiger partial charge in [0.1, 0.15) is 5.82 Å². The first-order chi connectivity index (χ1) is 14.6. The van der Waals surface area contributed by atoms with Crippen molar-refractivity contribution in [1.82, 2.24) is 9.55 Å². The summed E-state index contributed by atoms with van der Waals surface area (Å²) in [6, 6.07) is 24.4. The summed E-state index contributed by atoms with van der Waals surface area (Å²) in [6.07, 6.45) is 0.697. The van der Waals surface area contributed by atoms with E-state index in [-0.39, 0.29) is 17.4 Å². The molecule has 4 rings (SSSR count). The van der Waals surface area contributed by atoms with E-state index < -0.39 is 0 Å². The van der Waals surface area contributed by atoms with Gasteiger partial charge in [0.05, 0.1) is 22.5 Å². The van der Waals surface area contributed by atoms with Crippen LogP contribution < -0.4 is 10.9 Å². The molecule has 4 aromatic rings. The van der Waals surface area contributed by atoms with Gasteiger partial charge in [0.15, 0.2) is 0 Å². The standard InChI is InChI=1S/C25H23N3O2/c1-3-21(18-10-5-4-6-11-18)24(29)27-19-12-9-13-20(16-19)28-17(2)26-23-15-8-7-14-22(23)25(28)30/h4-16,21H,3H2,1-2H3,(H,27,29)/t21-/m1/s1. The van der Waals surface area contributed by atoms with Crippen molar-refractivity contribution in [2.24, 2.45) is 0 Å². The maximum atomic E-state index is 13.1. The van der Waals surface area contributed by atoms with Crippen molar-refractivity contribution in [3.63, 3.8) is 0 Å². The van der Waals surface area contributed by atoms with Crippen LogP contribution in [-0.4, -0.2) is 15.5 Å². The minimum Gasteiger partial charge on any atom is -0.325 e. The van der Waals surface area contributed by atoms with Crippen molar-refractivity contribution < 1.29 is 4.79 Å². The highest BCUT2D eigenvalue weighted by atomic mass is 16.2. The number of fused-ring (bicyclic) bond motifs is 1. The summed E-state index contributed by atoms with van der Waals surface area (Å²) in [4.78, 5) is 30.5. The first kappa shape index (κ1) is 19.6. The molecule has 1 N–H and O–H groups in total. The van der Waals surface area contributed by atoms with Gasteiger partial charge >= 0.3 is 0 Å². The lowest BCUT2D eigenvalue weighted by molar-refractivity contribution is -0.117. The topological polar surface area (TPSA) is 64.0 Å². The van der Waals surface area contributed by atoms with Crippen molar-refractivity contribution in [2.45, 2.75) is 26.2 Å². The van der Waals surface area contributed by atoms with Gasteiger partial charge in [0.25, 0.3) is 5.56 Å². The molecule has 0 bridgehead atoms. The SMILES string of the molecule is CC[C@@H](C(=O)Nc1cccc(-n2c(C)nc3ccccc3c2=O)c1)c1ccccc1. The Hall–Kier alpha value is -3.73. The number of anilines is 1. The molecule has 1 amide bonds.